The van der Waals surface area contributed by atoms with Crippen LogP contribution in [0.5, 0.6) is 0 Å². The molecule has 0 saturated carbocycles. The fraction of sp³-hybridized carbons (Fsp3) is 0.765. The molecule has 0 unspecified atom stereocenters. The number of aliphatic hydroxyl groups is 4. The van der Waals surface area contributed by atoms with Gasteiger partial charge in [0, 0.05) is 0 Å². The molecular formula is C51H88O4. The maximum Gasteiger partial charge on any atom is 0.128 e. The van der Waals surface area contributed by atoms with Gasteiger partial charge >= 0.3 is 0 Å². The van der Waals surface area contributed by atoms with Gasteiger partial charge in [0.25, 0.3) is 0 Å². The van der Waals surface area contributed by atoms with Crippen LogP contribution >= 0.6 is 0 Å². The Morgan fingerprint density at radius 1 is 0.364 bits per heavy atom. The molecule has 55 heavy (non-hydrogen) atoms. The van der Waals surface area contributed by atoms with E-state index in [1.54, 1.807) is 0 Å². The summed E-state index contributed by atoms with van der Waals surface area (Å²) >= 11 is 0. The van der Waals surface area contributed by atoms with Gasteiger partial charge in [0.05, 0.1) is 25.2 Å². The number of rotatable bonds is 14. The third-order valence-electron chi connectivity index (χ3n) is 11.8. The van der Waals surface area contributed by atoms with Gasteiger partial charge in [-0.2, -0.15) is 0 Å². The largest absolute Gasteiger partial charge is 0.395 e. The molecule has 4 nitrogen and oxygen atoms in total. The second kappa shape index (κ2) is 15.8. The van der Waals surface area contributed by atoms with E-state index in [0.29, 0.717) is 0 Å². The summed E-state index contributed by atoms with van der Waals surface area (Å²) in [6.07, 6.45) is 3.31. The predicted molar refractivity (Wildman–Crippen MR) is 237 cm³/mol. The average molecular weight is 765 g/mol. The molecule has 2 aromatic carbocycles. The first kappa shape index (κ1) is 49.4. The SMILES string of the molecule is Cc1cc(C(C)(C)CC(C)(C)C)c(C(O)(c2c(C(C)(C)CC(C)(C)C)cc(C)cc2C(C)(C)CC(C)(C)C)C(CO)(CO)CO)c(C(C)(C)CC(C)(C)C)c1. The molecule has 0 aromatic heterocycles. The van der Waals surface area contributed by atoms with Crippen LogP contribution in [-0.4, -0.2) is 40.2 Å². The molecule has 0 aliphatic rings. The smallest absolute Gasteiger partial charge is 0.128 e. The molecule has 4 heteroatoms. The first-order valence-electron chi connectivity index (χ1n) is 21.1. The number of hydrogen-bond acceptors (Lipinski definition) is 4. The Morgan fingerprint density at radius 3 is 0.691 bits per heavy atom. The van der Waals surface area contributed by atoms with Crippen LogP contribution in [0, 0.1) is 40.9 Å². The number of benzene rings is 2. The van der Waals surface area contributed by atoms with Crippen molar-refractivity contribution in [1.29, 1.82) is 0 Å². The van der Waals surface area contributed by atoms with Crippen LogP contribution in [0.25, 0.3) is 0 Å². The molecule has 2 rings (SSSR count). The van der Waals surface area contributed by atoms with Crippen LogP contribution in [0.4, 0.5) is 0 Å². The highest BCUT2D eigenvalue weighted by atomic mass is 16.3. The summed E-state index contributed by atoms with van der Waals surface area (Å²) in [5.74, 6) is 0. The van der Waals surface area contributed by atoms with Gasteiger partial charge in [-0.3, -0.25) is 0 Å². The molecule has 0 radical (unpaired) electrons. The summed E-state index contributed by atoms with van der Waals surface area (Å²) in [6.45, 7) is 47.8. The van der Waals surface area contributed by atoms with Gasteiger partial charge in [-0.1, -0.05) is 174 Å². The van der Waals surface area contributed by atoms with Crippen molar-refractivity contribution >= 4 is 0 Å². The number of hydrogen-bond donors (Lipinski definition) is 4. The molecule has 0 atom stereocenters. The van der Waals surface area contributed by atoms with Crippen molar-refractivity contribution in [2.24, 2.45) is 27.1 Å². The van der Waals surface area contributed by atoms with E-state index in [2.05, 4.69) is 177 Å². The quantitative estimate of drug-likeness (QED) is 0.154. The van der Waals surface area contributed by atoms with Gasteiger partial charge in [0.1, 0.15) is 5.60 Å². The molecule has 2 aromatic rings. The van der Waals surface area contributed by atoms with E-state index in [1.165, 1.54) is 0 Å². The number of aliphatic hydroxyl groups excluding tert-OH is 3. The van der Waals surface area contributed by atoms with Crippen LogP contribution in [-0.2, 0) is 27.3 Å². The summed E-state index contributed by atoms with van der Waals surface area (Å²) in [7, 11) is 0. The van der Waals surface area contributed by atoms with E-state index < -0.39 is 52.5 Å². The minimum atomic E-state index is -2.03. The van der Waals surface area contributed by atoms with Gasteiger partial charge in [0.2, 0.25) is 0 Å². The Morgan fingerprint density at radius 2 is 0.545 bits per heavy atom. The molecule has 0 aliphatic heterocycles. The predicted octanol–water partition coefficient (Wildman–Crippen LogP) is 12.4. The lowest BCUT2D eigenvalue weighted by molar-refractivity contribution is -0.139. The highest BCUT2D eigenvalue weighted by Gasteiger charge is 2.59. The topological polar surface area (TPSA) is 80.9 Å². The molecule has 0 aliphatic carbocycles. The Labute approximate surface area is 340 Å². The van der Waals surface area contributed by atoms with Crippen molar-refractivity contribution in [2.45, 2.75) is 205 Å². The summed E-state index contributed by atoms with van der Waals surface area (Å²) in [4.78, 5) is 0. The second-order valence-electron chi connectivity index (χ2n) is 25.4. The second-order valence-corrected chi connectivity index (χ2v) is 25.4. The standard InChI is InChI=1S/C51H88O4/c1-34-23-36(46(15,16)27-42(3,4)5)40(37(24-34)47(17,18)28-43(6,7)8)51(55,50(31-52,32-53)33-54)41-38(48(19,20)29-44(9,10)11)25-35(2)26-39(41)49(21,22)30-45(12,13)14/h23-26,52-55H,27-33H2,1-22H3. The lowest BCUT2D eigenvalue weighted by Crippen LogP contribution is -2.57. The molecule has 0 saturated heterocycles. The van der Waals surface area contributed by atoms with Gasteiger partial charge < -0.3 is 20.4 Å². The zero-order valence-electron chi connectivity index (χ0n) is 40.0. The van der Waals surface area contributed by atoms with Crippen LogP contribution in [0.1, 0.15) is 209 Å². The van der Waals surface area contributed by atoms with Gasteiger partial charge in [0.15, 0.2) is 0 Å². The Hall–Kier alpha value is -1.72. The maximum absolute atomic E-state index is 14.9. The van der Waals surface area contributed by atoms with Gasteiger partial charge in [-0.15, -0.1) is 0 Å². The normalized spacial score (nSPS) is 14.9. The van der Waals surface area contributed by atoms with Gasteiger partial charge in [-0.25, -0.2) is 0 Å². The lowest BCUT2D eigenvalue weighted by Gasteiger charge is -2.53. The van der Waals surface area contributed by atoms with E-state index in [0.717, 1.165) is 70.2 Å². The fourth-order valence-corrected chi connectivity index (χ4v) is 11.3. The van der Waals surface area contributed by atoms with Crippen molar-refractivity contribution in [3.63, 3.8) is 0 Å². The van der Waals surface area contributed by atoms with Crippen LogP contribution < -0.4 is 0 Å². The minimum absolute atomic E-state index is 0.0463. The molecule has 0 amide bonds. The third kappa shape index (κ3) is 11.3. The Balaban J connectivity index is 3.78. The van der Waals surface area contributed by atoms with E-state index in [9.17, 15) is 20.4 Å². The van der Waals surface area contributed by atoms with Gasteiger partial charge in [-0.05, 0) is 116 Å². The maximum atomic E-state index is 14.9. The summed E-state index contributed by atoms with van der Waals surface area (Å²) in [5, 5.41) is 50.3. The summed E-state index contributed by atoms with van der Waals surface area (Å²) in [6, 6.07) is 8.98. The lowest BCUT2D eigenvalue weighted by atomic mass is 9.54. The van der Waals surface area contributed by atoms with E-state index in [4.69, 9.17) is 0 Å². The van der Waals surface area contributed by atoms with E-state index in [1.807, 2.05) is 0 Å². The van der Waals surface area contributed by atoms with E-state index >= 15 is 0 Å². The first-order chi connectivity index (χ1) is 24.2. The average Bonchev–Trinajstić information content (AvgIpc) is 2.92. The van der Waals surface area contributed by atoms with Crippen molar-refractivity contribution < 1.29 is 20.4 Å². The first-order valence-corrected chi connectivity index (χ1v) is 21.1. The Bertz CT molecular complexity index is 1400. The highest BCUT2D eigenvalue weighted by Crippen LogP contribution is 2.58. The molecule has 316 valence electrons. The number of aryl methyl sites for hydroxylation is 2. The minimum Gasteiger partial charge on any atom is -0.395 e. The third-order valence-corrected chi connectivity index (χ3v) is 11.8. The molecule has 0 fully saturated rings. The molecule has 4 N–H and O–H groups in total. The summed E-state index contributed by atoms with van der Waals surface area (Å²) in [5.41, 5.74) is 1.91. The molecule has 0 spiro atoms. The molecular weight excluding hydrogens is 677 g/mol. The van der Waals surface area contributed by atoms with Crippen LogP contribution in [0.15, 0.2) is 24.3 Å². The fourth-order valence-electron chi connectivity index (χ4n) is 11.3. The molecule has 0 bridgehead atoms. The highest BCUT2D eigenvalue weighted by molar-refractivity contribution is 5.60. The molecule has 0 heterocycles. The van der Waals surface area contributed by atoms with Crippen molar-refractivity contribution in [3.8, 4) is 0 Å². The monoisotopic (exact) mass is 765 g/mol. The zero-order valence-corrected chi connectivity index (χ0v) is 40.0. The van der Waals surface area contributed by atoms with Crippen molar-refractivity contribution in [2.75, 3.05) is 19.8 Å². The zero-order chi connectivity index (χ0) is 43.4. The van der Waals surface area contributed by atoms with Crippen molar-refractivity contribution in [3.05, 3.63) is 68.8 Å². The van der Waals surface area contributed by atoms with Crippen LogP contribution in [0.3, 0.4) is 0 Å². The summed E-state index contributed by atoms with van der Waals surface area (Å²) < 4.78 is 0. The van der Waals surface area contributed by atoms with Crippen molar-refractivity contribution in [1.82, 2.24) is 0 Å². The van der Waals surface area contributed by atoms with E-state index in [-0.39, 0.29) is 21.7 Å². The van der Waals surface area contributed by atoms with Crippen LogP contribution in [0.2, 0.25) is 0 Å². The Kier molecular flexibility index (Phi) is 14.2.